The predicted molar refractivity (Wildman–Crippen MR) is 81.0 cm³/mol. The molecule has 2 fully saturated rings. The minimum absolute atomic E-state index is 0.105. The van der Waals surface area contributed by atoms with Gasteiger partial charge < -0.3 is 14.6 Å². The van der Waals surface area contributed by atoms with Crippen molar-refractivity contribution >= 4 is 15.9 Å². The Bertz CT molecular complexity index is 779. The summed E-state index contributed by atoms with van der Waals surface area (Å²) in [6.45, 7) is 0.562. The Morgan fingerprint density at radius 3 is 2.83 bits per heavy atom. The minimum Gasteiger partial charge on any atom is -0.376 e. The first-order valence-electron chi connectivity index (χ1n) is 7.26. The third kappa shape index (κ3) is 2.97. The van der Waals surface area contributed by atoms with Gasteiger partial charge in [0, 0.05) is 25.8 Å². The number of fused-ring (bicyclic) bond motifs is 1. The molecule has 0 spiro atoms. The van der Waals surface area contributed by atoms with Crippen LogP contribution >= 0.6 is 0 Å². The van der Waals surface area contributed by atoms with Crippen molar-refractivity contribution < 1.29 is 17.9 Å². The zero-order valence-electron chi connectivity index (χ0n) is 12.8. The lowest BCUT2D eigenvalue weighted by Crippen LogP contribution is -2.70. The van der Waals surface area contributed by atoms with Crippen molar-refractivity contribution in [2.24, 2.45) is 13.0 Å². The molecule has 0 unspecified atom stereocenters. The maximum absolute atomic E-state index is 12.4. The fourth-order valence-electron chi connectivity index (χ4n) is 3.37. The average Bonchev–Trinajstić information content (AvgIpc) is 3.05. The molecular weight excluding hydrogens is 320 g/mol. The van der Waals surface area contributed by atoms with E-state index in [1.54, 1.807) is 17.8 Å². The molecule has 1 aromatic heterocycles. The van der Waals surface area contributed by atoms with Gasteiger partial charge in [-0.2, -0.15) is 5.26 Å². The molecule has 8 nitrogen and oxygen atoms in total. The van der Waals surface area contributed by atoms with E-state index in [9.17, 15) is 13.2 Å². The minimum atomic E-state index is -3.39. The third-order valence-corrected chi connectivity index (χ3v) is 5.10. The second kappa shape index (κ2) is 5.63. The highest BCUT2D eigenvalue weighted by atomic mass is 32.2. The number of sulfonamides is 1. The van der Waals surface area contributed by atoms with E-state index in [0.717, 1.165) is 12.7 Å². The SMILES string of the molecule is Cn1cc(C#N)cc1C(=O)N[C@H]1[C@H]2CCO[C@H]2[C@@H]1NS(C)(=O)=O. The molecular formula is C14H18N4O4S. The number of nitrogens with zero attached hydrogens (tertiary/aromatic N) is 2. The van der Waals surface area contributed by atoms with E-state index >= 15 is 0 Å². The van der Waals surface area contributed by atoms with Gasteiger partial charge in [-0.25, -0.2) is 13.1 Å². The number of hydrogen-bond donors (Lipinski definition) is 2. The van der Waals surface area contributed by atoms with E-state index in [-0.39, 0.29) is 24.0 Å². The number of amides is 1. The molecule has 0 aromatic carbocycles. The van der Waals surface area contributed by atoms with Crippen LogP contribution in [0.5, 0.6) is 0 Å². The maximum atomic E-state index is 12.4. The van der Waals surface area contributed by atoms with Crippen LogP contribution in [0.2, 0.25) is 0 Å². The molecule has 1 saturated carbocycles. The van der Waals surface area contributed by atoms with Gasteiger partial charge in [-0.05, 0) is 12.5 Å². The zero-order valence-corrected chi connectivity index (χ0v) is 13.6. The van der Waals surface area contributed by atoms with Crippen LogP contribution in [0.25, 0.3) is 0 Å². The van der Waals surface area contributed by atoms with E-state index in [2.05, 4.69) is 10.0 Å². The normalized spacial score (nSPS) is 29.4. The number of aromatic nitrogens is 1. The number of hydrogen-bond acceptors (Lipinski definition) is 5. The van der Waals surface area contributed by atoms with Crippen LogP contribution in [-0.4, -0.2) is 49.9 Å². The highest BCUT2D eigenvalue weighted by Gasteiger charge is 2.55. The first-order valence-corrected chi connectivity index (χ1v) is 9.15. The van der Waals surface area contributed by atoms with Crippen molar-refractivity contribution in [3.63, 3.8) is 0 Å². The Hall–Kier alpha value is -1.89. The number of nitrogens with one attached hydrogen (secondary N) is 2. The van der Waals surface area contributed by atoms with Crippen LogP contribution in [-0.2, 0) is 21.8 Å². The molecule has 23 heavy (non-hydrogen) atoms. The molecule has 2 N–H and O–H groups in total. The van der Waals surface area contributed by atoms with Crippen LogP contribution in [0.1, 0.15) is 22.5 Å². The van der Waals surface area contributed by atoms with Crippen molar-refractivity contribution in [3.05, 3.63) is 23.5 Å². The number of ether oxygens (including phenoxy) is 1. The first-order chi connectivity index (χ1) is 10.8. The summed E-state index contributed by atoms with van der Waals surface area (Å²) in [5.41, 5.74) is 0.765. The quantitative estimate of drug-likeness (QED) is 0.756. The molecule has 1 saturated heterocycles. The molecule has 4 atom stereocenters. The smallest absolute Gasteiger partial charge is 0.268 e. The van der Waals surface area contributed by atoms with E-state index < -0.39 is 16.1 Å². The highest BCUT2D eigenvalue weighted by molar-refractivity contribution is 7.88. The fraction of sp³-hybridized carbons (Fsp3) is 0.571. The van der Waals surface area contributed by atoms with Gasteiger partial charge in [0.2, 0.25) is 10.0 Å². The molecule has 1 aliphatic heterocycles. The Kier molecular flexibility index (Phi) is 3.91. The van der Waals surface area contributed by atoms with Crippen LogP contribution in [0, 0.1) is 17.2 Å². The summed E-state index contributed by atoms with van der Waals surface area (Å²) >= 11 is 0. The summed E-state index contributed by atoms with van der Waals surface area (Å²) in [4.78, 5) is 12.4. The number of aryl methyl sites for hydroxylation is 1. The Morgan fingerprint density at radius 1 is 1.48 bits per heavy atom. The molecule has 1 amide bonds. The van der Waals surface area contributed by atoms with Gasteiger partial charge in [-0.15, -0.1) is 0 Å². The van der Waals surface area contributed by atoms with E-state index in [1.807, 2.05) is 6.07 Å². The molecule has 9 heteroatoms. The second-order valence-corrected chi connectivity index (χ2v) is 7.82. The summed E-state index contributed by atoms with van der Waals surface area (Å²) < 4.78 is 32.7. The zero-order chi connectivity index (χ0) is 16.8. The fourth-order valence-corrected chi connectivity index (χ4v) is 4.14. The van der Waals surface area contributed by atoms with Gasteiger partial charge in [0.25, 0.3) is 5.91 Å². The molecule has 0 bridgehead atoms. The van der Waals surface area contributed by atoms with Crippen LogP contribution in [0.3, 0.4) is 0 Å². The number of carbonyl (C=O) groups is 1. The standard InChI is InChI=1S/C14H18N4O4S/c1-18-7-8(6-15)5-10(18)14(19)16-11-9-3-4-22-13(9)12(11)17-23(2,20)21/h5,7,9,11-13,17H,3-4H2,1-2H3,(H,16,19)/t9-,11+,12-,13-/m1/s1. The van der Waals surface area contributed by atoms with Crippen molar-refractivity contribution in [3.8, 4) is 6.07 Å². The summed E-state index contributed by atoms with van der Waals surface area (Å²) in [6.07, 6.45) is 3.25. The van der Waals surface area contributed by atoms with Gasteiger partial charge >= 0.3 is 0 Å². The van der Waals surface area contributed by atoms with Crippen molar-refractivity contribution in [1.82, 2.24) is 14.6 Å². The van der Waals surface area contributed by atoms with Crippen molar-refractivity contribution in [2.75, 3.05) is 12.9 Å². The summed E-state index contributed by atoms with van der Waals surface area (Å²) in [5, 5.41) is 11.8. The first kappa shape index (κ1) is 16.0. The number of carbonyl (C=O) groups excluding carboxylic acids is 1. The molecule has 2 heterocycles. The average molecular weight is 338 g/mol. The topological polar surface area (TPSA) is 113 Å². The Labute approximate surface area is 134 Å². The third-order valence-electron chi connectivity index (χ3n) is 4.40. The molecule has 2 aliphatic rings. The molecule has 1 aliphatic carbocycles. The molecule has 124 valence electrons. The molecule has 0 radical (unpaired) electrons. The van der Waals surface area contributed by atoms with Crippen LogP contribution in [0.4, 0.5) is 0 Å². The van der Waals surface area contributed by atoms with Gasteiger partial charge in [0.05, 0.1) is 30.0 Å². The highest BCUT2D eigenvalue weighted by Crippen LogP contribution is 2.39. The van der Waals surface area contributed by atoms with Crippen molar-refractivity contribution in [1.29, 1.82) is 5.26 Å². The lowest BCUT2D eigenvalue weighted by atomic mass is 9.72. The van der Waals surface area contributed by atoms with E-state index in [0.29, 0.717) is 17.9 Å². The Balaban J connectivity index is 1.76. The van der Waals surface area contributed by atoms with Gasteiger partial charge in [-0.3, -0.25) is 4.79 Å². The summed E-state index contributed by atoms with van der Waals surface area (Å²) in [7, 11) is -1.71. The Morgan fingerprint density at radius 2 is 2.22 bits per heavy atom. The summed E-state index contributed by atoms with van der Waals surface area (Å²) in [5.74, 6) is -0.224. The number of rotatable bonds is 4. The molecule has 3 rings (SSSR count). The monoisotopic (exact) mass is 338 g/mol. The van der Waals surface area contributed by atoms with Gasteiger partial charge in [0.15, 0.2) is 0 Å². The largest absolute Gasteiger partial charge is 0.376 e. The lowest BCUT2D eigenvalue weighted by Gasteiger charge is -2.47. The maximum Gasteiger partial charge on any atom is 0.268 e. The lowest BCUT2D eigenvalue weighted by molar-refractivity contribution is -0.0195. The number of nitriles is 1. The van der Waals surface area contributed by atoms with E-state index in [4.69, 9.17) is 10.00 Å². The van der Waals surface area contributed by atoms with Gasteiger partial charge in [-0.1, -0.05) is 0 Å². The molecule has 1 aromatic rings. The van der Waals surface area contributed by atoms with Crippen molar-refractivity contribution in [2.45, 2.75) is 24.6 Å². The van der Waals surface area contributed by atoms with Crippen LogP contribution in [0.15, 0.2) is 12.3 Å². The predicted octanol–water partition coefficient (Wildman–Crippen LogP) is -0.668. The second-order valence-electron chi connectivity index (χ2n) is 6.04. The van der Waals surface area contributed by atoms with Crippen LogP contribution < -0.4 is 10.0 Å². The van der Waals surface area contributed by atoms with E-state index in [1.165, 1.54) is 6.07 Å². The summed E-state index contributed by atoms with van der Waals surface area (Å²) in [6, 6.07) is 2.72. The van der Waals surface area contributed by atoms with Gasteiger partial charge in [0.1, 0.15) is 11.8 Å².